The van der Waals surface area contributed by atoms with Crippen LogP contribution in [0.5, 0.6) is 5.75 Å². The summed E-state index contributed by atoms with van der Waals surface area (Å²) in [6.07, 6.45) is 3.48. The van der Waals surface area contributed by atoms with Crippen molar-refractivity contribution in [3.63, 3.8) is 0 Å². The second-order valence-electron chi connectivity index (χ2n) is 4.90. The molecule has 3 nitrogen and oxygen atoms in total. The fourth-order valence-corrected chi connectivity index (χ4v) is 2.41. The van der Waals surface area contributed by atoms with Crippen molar-refractivity contribution in [2.45, 2.75) is 38.3 Å². The third-order valence-corrected chi connectivity index (χ3v) is 3.55. The monoisotopic (exact) mass is 249 g/mol. The minimum atomic E-state index is 0.374. The molecule has 1 aliphatic heterocycles. The van der Waals surface area contributed by atoms with Gasteiger partial charge in [-0.15, -0.1) is 0 Å². The summed E-state index contributed by atoms with van der Waals surface area (Å²) < 4.78 is 10.7. The van der Waals surface area contributed by atoms with Crippen LogP contribution in [0.15, 0.2) is 24.3 Å². The highest BCUT2D eigenvalue weighted by atomic mass is 16.5. The molecule has 2 unspecified atom stereocenters. The lowest BCUT2D eigenvalue weighted by atomic mass is 10.0. The van der Waals surface area contributed by atoms with Gasteiger partial charge in [0.15, 0.2) is 0 Å². The van der Waals surface area contributed by atoms with Gasteiger partial charge in [-0.05, 0) is 43.9 Å². The predicted octanol–water partition coefficient (Wildman–Crippen LogP) is 2.91. The number of rotatable bonds is 4. The van der Waals surface area contributed by atoms with Gasteiger partial charge in [-0.25, -0.2) is 0 Å². The molecule has 1 heterocycles. The van der Waals surface area contributed by atoms with Gasteiger partial charge in [0.05, 0.1) is 7.11 Å². The molecule has 0 bridgehead atoms. The van der Waals surface area contributed by atoms with Crippen LogP contribution in [0.3, 0.4) is 0 Å². The van der Waals surface area contributed by atoms with E-state index in [-0.39, 0.29) is 0 Å². The van der Waals surface area contributed by atoms with Crippen molar-refractivity contribution in [2.75, 3.05) is 20.3 Å². The van der Waals surface area contributed by atoms with E-state index in [1.54, 1.807) is 7.11 Å². The summed E-state index contributed by atoms with van der Waals surface area (Å²) in [5.74, 6) is 0.911. The van der Waals surface area contributed by atoms with Crippen molar-refractivity contribution in [2.24, 2.45) is 0 Å². The third kappa shape index (κ3) is 3.72. The molecular formula is C15H23NO2. The molecule has 0 saturated carbocycles. The van der Waals surface area contributed by atoms with E-state index >= 15 is 0 Å². The van der Waals surface area contributed by atoms with E-state index in [0.717, 1.165) is 31.8 Å². The summed E-state index contributed by atoms with van der Waals surface area (Å²) in [7, 11) is 1.70. The summed E-state index contributed by atoms with van der Waals surface area (Å²) in [6, 6.07) is 9.24. The predicted molar refractivity (Wildman–Crippen MR) is 73.0 cm³/mol. The van der Waals surface area contributed by atoms with Crippen LogP contribution < -0.4 is 10.1 Å². The quantitative estimate of drug-likeness (QED) is 0.890. The molecule has 0 amide bonds. The number of ether oxygens (including phenoxy) is 2. The van der Waals surface area contributed by atoms with Crippen molar-refractivity contribution in [1.82, 2.24) is 5.32 Å². The normalized spacial score (nSPS) is 22.2. The first-order valence-corrected chi connectivity index (χ1v) is 6.77. The van der Waals surface area contributed by atoms with Crippen molar-refractivity contribution < 1.29 is 9.47 Å². The van der Waals surface area contributed by atoms with E-state index in [1.165, 1.54) is 12.0 Å². The summed E-state index contributed by atoms with van der Waals surface area (Å²) in [5, 5.41) is 3.69. The highest BCUT2D eigenvalue weighted by Gasteiger charge is 2.15. The minimum Gasteiger partial charge on any atom is -0.497 e. The molecule has 0 spiro atoms. The lowest BCUT2D eigenvalue weighted by molar-refractivity contribution is 0.142. The van der Waals surface area contributed by atoms with Crippen LogP contribution in [0, 0.1) is 0 Å². The van der Waals surface area contributed by atoms with E-state index in [1.807, 2.05) is 12.1 Å². The van der Waals surface area contributed by atoms with Gasteiger partial charge in [0, 0.05) is 25.3 Å². The van der Waals surface area contributed by atoms with E-state index in [4.69, 9.17) is 9.47 Å². The van der Waals surface area contributed by atoms with E-state index in [9.17, 15) is 0 Å². The van der Waals surface area contributed by atoms with Crippen LogP contribution in [-0.2, 0) is 4.74 Å². The van der Waals surface area contributed by atoms with Crippen molar-refractivity contribution in [3.8, 4) is 5.75 Å². The smallest absolute Gasteiger partial charge is 0.118 e. The van der Waals surface area contributed by atoms with Gasteiger partial charge in [0.2, 0.25) is 0 Å². The summed E-state index contributed by atoms with van der Waals surface area (Å²) in [4.78, 5) is 0. The van der Waals surface area contributed by atoms with Gasteiger partial charge in [-0.3, -0.25) is 0 Å². The number of hydrogen-bond donors (Lipinski definition) is 1. The molecule has 0 radical (unpaired) electrons. The molecule has 100 valence electrons. The molecule has 0 aromatic heterocycles. The van der Waals surface area contributed by atoms with Crippen LogP contribution in [0.1, 0.15) is 37.8 Å². The third-order valence-electron chi connectivity index (χ3n) is 3.55. The largest absolute Gasteiger partial charge is 0.497 e. The molecule has 1 fully saturated rings. The Morgan fingerprint density at radius 3 is 2.72 bits per heavy atom. The Labute approximate surface area is 109 Å². The van der Waals surface area contributed by atoms with Crippen LogP contribution in [0.2, 0.25) is 0 Å². The van der Waals surface area contributed by atoms with Gasteiger partial charge in [0.25, 0.3) is 0 Å². The highest BCUT2D eigenvalue weighted by Crippen LogP contribution is 2.19. The summed E-state index contributed by atoms with van der Waals surface area (Å²) in [5.41, 5.74) is 1.31. The first-order chi connectivity index (χ1) is 8.79. The van der Waals surface area contributed by atoms with Crippen LogP contribution >= 0.6 is 0 Å². The average molecular weight is 249 g/mol. The van der Waals surface area contributed by atoms with Crippen molar-refractivity contribution in [3.05, 3.63) is 29.8 Å². The Balaban J connectivity index is 1.90. The zero-order valence-corrected chi connectivity index (χ0v) is 11.3. The maximum absolute atomic E-state index is 5.49. The maximum atomic E-state index is 5.49. The molecule has 1 aromatic rings. The van der Waals surface area contributed by atoms with Gasteiger partial charge in [-0.2, -0.15) is 0 Å². The number of nitrogens with one attached hydrogen (secondary N) is 1. The average Bonchev–Trinajstić information content (AvgIpc) is 2.67. The Bertz CT molecular complexity index is 342. The number of hydrogen-bond acceptors (Lipinski definition) is 3. The zero-order chi connectivity index (χ0) is 12.8. The standard InChI is InChI=1S/C15H23NO2/c1-12(13-5-7-15(17-2)8-6-13)16-14-4-3-10-18-11-9-14/h5-8,12,14,16H,3-4,9-11H2,1-2H3. The van der Waals surface area contributed by atoms with E-state index in [2.05, 4.69) is 24.4 Å². The number of methoxy groups -OCH3 is 1. The van der Waals surface area contributed by atoms with Gasteiger partial charge >= 0.3 is 0 Å². The van der Waals surface area contributed by atoms with E-state index < -0.39 is 0 Å². The topological polar surface area (TPSA) is 30.5 Å². The summed E-state index contributed by atoms with van der Waals surface area (Å²) in [6.45, 7) is 4.01. The number of benzene rings is 1. The fourth-order valence-electron chi connectivity index (χ4n) is 2.41. The Hall–Kier alpha value is -1.06. The lowest BCUT2D eigenvalue weighted by Gasteiger charge is -2.22. The molecule has 2 atom stereocenters. The lowest BCUT2D eigenvalue weighted by Crippen LogP contribution is -2.31. The fraction of sp³-hybridized carbons (Fsp3) is 0.600. The maximum Gasteiger partial charge on any atom is 0.118 e. The molecule has 1 aromatic carbocycles. The zero-order valence-electron chi connectivity index (χ0n) is 11.3. The Kier molecular flexibility index (Phi) is 5.02. The minimum absolute atomic E-state index is 0.374. The molecule has 2 rings (SSSR count). The van der Waals surface area contributed by atoms with E-state index in [0.29, 0.717) is 12.1 Å². The molecule has 1 aliphatic rings. The molecule has 0 aliphatic carbocycles. The van der Waals surface area contributed by atoms with Crippen LogP contribution in [0.25, 0.3) is 0 Å². The summed E-state index contributed by atoms with van der Waals surface area (Å²) >= 11 is 0. The highest BCUT2D eigenvalue weighted by molar-refractivity contribution is 5.28. The Morgan fingerprint density at radius 1 is 1.22 bits per heavy atom. The van der Waals surface area contributed by atoms with Crippen molar-refractivity contribution in [1.29, 1.82) is 0 Å². The molecular weight excluding hydrogens is 226 g/mol. The van der Waals surface area contributed by atoms with Gasteiger partial charge < -0.3 is 14.8 Å². The molecule has 3 heteroatoms. The molecule has 18 heavy (non-hydrogen) atoms. The first kappa shape index (κ1) is 13.4. The van der Waals surface area contributed by atoms with Gasteiger partial charge in [0.1, 0.15) is 5.75 Å². The second-order valence-corrected chi connectivity index (χ2v) is 4.90. The Morgan fingerprint density at radius 2 is 2.00 bits per heavy atom. The second kappa shape index (κ2) is 6.76. The van der Waals surface area contributed by atoms with Crippen molar-refractivity contribution >= 4 is 0 Å². The van der Waals surface area contributed by atoms with Crippen LogP contribution in [0.4, 0.5) is 0 Å². The van der Waals surface area contributed by atoms with Crippen LogP contribution in [-0.4, -0.2) is 26.4 Å². The molecule has 1 N–H and O–H groups in total. The van der Waals surface area contributed by atoms with Gasteiger partial charge in [-0.1, -0.05) is 12.1 Å². The molecule has 1 saturated heterocycles. The SMILES string of the molecule is COc1ccc(C(C)NC2CCCOCC2)cc1. The first-order valence-electron chi connectivity index (χ1n) is 6.77.